The van der Waals surface area contributed by atoms with Gasteiger partial charge >= 0.3 is 0 Å². The van der Waals surface area contributed by atoms with Gasteiger partial charge in [0.1, 0.15) is 11.9 Å². The Morgan fingerprint density at radius 1 is 1.31 bits per heavy atom. The van der Waals surface area contributed by atoms with Crippen molar-refractivity contribution in [2.24, 2.45) is 0 Å². The molecule has 0 aromatic heterocycles. The van der Waals surface area contributed by atoms with E-state index in [4.69, 9.17) is 12.6 Å². The summed E-state index contributed by atoms with van der Waals surface area (Å²) in [6, 6.07) is 4.21. The summed E-state index contributed by atoms with van der Waals surface area (Å²) in [7, 11) is 5.59. The van der Waals surface area contributed by atoms with E-state index in [1.807, 2.05) is 0 Å². The molecule has 2 nitrogen and oxygen atoms in total. The molecule has 0 saturated carbocycles. The van der Waals surface area contributed by atoms with Crippen LogP contribution in [0.3, 0.4) is 0 Å². The molecule has 3 heteroatoms. The quantitative estimate of drug-likeness (QED) is 0.773. The highest BCUT2D eigenvalue weighted by atomic mass is 16.5. The second-order valence-electron chi connectivity index (χ2n) is 4.41. The molecule has 84 valence electrons. The van der Waals surface area contributed by atoms with Crippen molar-refractivity contribution < 1.29 is 4.74 Å². The molecule has 0 atom stereocenters. The zero-order valence-corrected chi connectivity index (χ0v) is 10.0. The molecule has 0 amide bonds. The predicted octanol–water partition coefficient (Wildman–Crippen LogP) is 1.78. The monoisotopic (exact) mass is 215 g/mol. The average Bonchev–Trinajstić information content (AvgIpc) is 2.21. The SMILES string of the molecule is [B]CCc1ccc(OC2CNC2)c(C)c1C. The van der Waals surface area contributed by atoms with Crippen LogP contribution in [-0.2, 0) is 6.42 Å². The average molecular weight is 215 g/mol. The first kappa shape index (κ1) is 11.5. The van der Waals surface area contributed by atoms with Crippen LogP contribution in [0, 0.1) is 13.8 Å². The van der Waals surface area contributed by atoms with Gasteiger partial charge in [0, 0.05) is 13.1 Å². The number of ether oxygens (including phenoxy) is 1. The van der Waals surface area contributed by atoms with Gasteiger partial charge in [0.05, 0.1) is 7.85 Å². The van der Waals surface area contributed by atoms with Crippen LogP contribution >= 0.6 is 0 Å². The highest BCUT2D eigenvalue weighted by Gasteiger charge is 2.19. The highest BCUT2D eigenvalue weighted by Crippen LogP contribution is 2.26. The second kappa shape index (κ2) is 4.92. The van der Waals surface area contributed by atoms with Crippen molar-refractivity contribution in [3.05, 3.63) is 28.8 Å². The van der Waals surface area contributed by atoms with E-state index in [1.54, 1.807) is 0 Å². The van der Waals surface area contributed by atoms with E-state index in [0.29, 0.717) is 12.4 Å². The van der Waals surface area contributed by atoms with Crippen LogP contribution in [0.25, 0.3) is 0 Å². The molecule has 1 saturated heterocycles. The fourth-order valence-corrected chi connectivity index (χ4v) is 1.93. The number of nitrogens with one attached hydrogen (secondary N) is 1. The number of benzene rings is 1. The van der Waals surface area contributed by atoms with Crippen molar-refractivity contribution in [2.75, 3.05) is 13.1 Å². The Labute approximate surface area is 98.8 Å². The van der Waals surface area contributed by atoms with Crippen molar-refractivity contribution in [2.45, 2.75) is 32.7 Å². The van der Waals surface area contributed by atoms with Gasteiger partial charge in [-0.1, -0.05) is 12.4 Å². The summed E-state index contributed by atoms with van der Waals surface area (Å²) in [5, 5.41) is 3.21. The van der Waals surface area contributed by atoms with Crippen molar-refractivity contribution in [3.63, 3.8) is 0 Å². The Hall–Kier alpha value is -0.955. The van der Waals surface area contributed by atoms with Gasteiger partial charge < -0.3 is 10.1 Å². The van der Waals surface area contributed by atoms with Crippen LogP contribution in [0.2, 0.25) is 6.32 Å². The molecule has 0 spiro atoms. The van der Waals surface area contributed by atoms with E-state index in [1.165, 1.54) is 16.7 Å². The normalized spacial score (nSPS) is 15.9. The molecule has 16 heavy (non-hydrogen) atoms. The van der Waals surface area contributed by atoms with Gasteiger partial charge in [-0.3, -0.25) is 0 Å². The molecule has 0 aliphatic carbocycles. The lowest BCUT2D eigenvalue weighted by molar-refractivity contribution is 0.141. The van der Waals surface area contributed by atoms with Gasteiger partial charge in [-0.2, -0.15) is 0 Å². The summed E-state index contributed by atoms with van der Waals surface area (Å²) in [6.45, 7) is 6.19. The summed E-state index contributed by atoms with van der Waals surface area (Å²) >= 11 is 0. The van der Waals surface area contributed by atoms with Crippen molar-refractivity contribution >= 4 is 7.85 Å². The van der Waals surface area contributed by atoms with Crippen LogP contribution in [-0.4, -0.2) is 27.0 Å². The van der Waals surface area contributed by atoms with Crippen LogP contribution in [0.4, 0.5) is 0 Å². The largest absolute Gasteiger partial charge is 0.487 e. The molecule has 1 aromatic carbocycles. The van der Waals surface area contributed by atoms with Crippen LogP contribution < -0.4 is 10.1 Å². The van der Waals surface area contributed by atoms with Gasteiger partial charge in [0.25, 0.3) is 0 Å². The maximum atomic E-state index is 5.90. The van der Waals surface area contributed by atoms with Crippen LogP contribution in [0.1, 0.15) is 16.7 Å². The minimum absolute atomic E-state index is 0.346. The van der Waals surface area contributed by atoms with Crippen LogP contribution in [0.15, 0.2) is 12.1 Å². The Balaban J connectivity index is 2.16. The maximum absolute atomic E-state index is 5.90. The third-order valence-electron chi connectivity index (χ3n) is 3.30. The van der Waals surface area contributed by atoms with E-state index < -0.39 is 0 Å². The molecule has 1 aliphatic heterocycles. The first-order valence-electron chi connectivity index (χ1n) is 5.89. The maximum Gasteiger partial charge on any atom is 0.123 e. The fraction of sp³-hybridized carbons (Fsp3) is 0.538. The predicted molar refractivity (Wildman–Crippen MR) is 67.5 cm³/mol. The van der Waals surface area contributed by atoms with E-state index in [0.717, 1.165) is 25.3 Å². The molecule has 0 unspecified atom stereocenters. The molecule has 0 bridgehead atoms. The van der Waals surface area contributed by atoms with Crippen LogP contribution in [0.5, 0.6) is 5.75 Å². The number of hydrogen-bond donors (Lipinski definition) is 1. The summed E-state index contributed by atoms with van der Waals surface area (Å²) in [4.78, 5) is 0. The van der Waals surface area contributed by atoms with Gasteiger partial charge in [-0.15, -0.1) is 0 Å². The number of rotatable bonds is 4. The number of hydrogen-bond acceptors (Lipinski definition) is 2. The third kappa shape index (κ3) is 2.24. The fourth-order valence-electron chi connectivity index (χ4n) is 1.93. The Kier molecular flexibility index (Phi) is 3.54. The third-order valence-corrected chi connectivity index (χ3v) is 3.30. The molecule has 1 heterocycles. The molecule has 2 rings (SSSR count). The van der Waals surface area contributed by atoms with Crippen molar-refractivity contribution in [1.82, 2.24) is 5.32 Å². The topological polar surface area (TPSA) is 21.3 Å². The Bertz CT molecular complexity index is 374. The highest BCUT2D eigenvalue weighted by molar-refractivity contribution is 6.08. The molecule has 2 radical (unpaired) electrons. The van der Waals surface area contributed by atoms with Crippen molar-refractivity contribution in [3.8, 4) is 5.75 Å². The molecule has 1 N–H and O–H groups in total. The minimum atomic E-state index is 0.346. The van der Waals surface area contributed by atoms with Gasteiger partial charge in [0.15, 0.2) is 0 Å². The molecule has 1 fully saturated rings. The van der Waals surface area contributed by atoms with Gasteiger partial charge in [-0.05, 0) is 43.0 Å². The second-order valence-corrected chi connectivity index (χ2v) is 4.41. The van der Waals surface area contributed by atoms with Crippen molar-refractivity contribution in [1.29, 1.82) is 0 Å². The first-order valence-corrected chi connectivity index (χ1v) is 5.89. The first-order chi connectivity index (χ1) is 7.72. The summed E-state index contributed by atoms with van der Waals surface area (Å²) in [5.74, 6) is 1.02. The number of aryl methyl sites for hydroxylation is 1. The Morgan fingerprint density at radius 2 is 2.06 bits per heavy atom. The minimum Gasteiger partial charge on any atom is -0.487 e. The standard InChI is InChI=1S/C13H18BNO/c1-9-10(2)13(16-12-7-15-8-12)4-3-11(9)5-6-14/h3-4,12,15H,5-8H2,1-2H3. The Morgan fingerprint density at radius 3 is 2.62 bits per heavy atom. The lowest BCUT2D eigenvalue weighted by Crippen LogP contribution is -2.50. The lowest BCUT2D eigenvalue weighted by Gasteiger charge is -2.29. The van der Waals surface area contributed by atoms with E-state index in [9.17, 15) is 0 Å². The van der Waals surface area contributed by atoms with Gasteiger partial charge in [-0.25, -0.2) is 0 Å². The van der Waals surface area contributed by atoms with E-state index >= 15 is 0 Å². The smallest absolute Gasteiger partial charge is 0.123 e. The molecular weight excluding hydrogens is 197 g/mol. The summed E-state index contributed by atoms with van der Waals surface area (Å²) < 4.78 is 5.90. The zero-order chi connectivity index (χ0) is 11.5. The summed E-state index contributed by atoms with van der Waals surface area (Å²) in [5.41, 5.74) is 3.90. The lowest BCUT2D eigenvalue weighted by atomic mass is 9.92. The molecule has 1 aliphatic rings. The summed E-state index contributed by atoms with van der Waals surface area (Å²) in [6.07, 6.45) is 1.99. The molecular formula is C13H18BNO. The molecule has 1 aromatic rings. The van der Waals surface area contributed by atoms with E-state index in [2.05, 4.69) is 31.3 Å². The van der Waals surface area contributed by atoms with E-state index in [-0.39, 0.29) is 0 Å². The van der Waals surface area contributed by atoms with Gasteiger partial charge in [0.2, 0.25) is 0 Å². The zero-order valence-electron chi connectivity index (χ0n) is 10.0.